The number of benzene rings is 1. The van der Waals surface area contributed by atoms with Gasteiger partial charge in [0.15, 0.2) is 11.5 Å². The molecule has 3 rings (SSSR count). The highest BCUT2D eigenvalue weighted by Gasteiger charge is 2.16. The summed E-state index contributed by atoms with van der Waals surface area (Å²) in [4.78, 5) is 0. The number of hydrogen-bond acceptors (Lipinski definition) is 4. The van der Waals surface area contributed by atoms with E-state index in [1.807, 2.05) is 24.3 Å². The molecule has 0 fully saturated rings. The Balaban J connectivity index is 2.04. The first-order valence-electron chi connectivity index (χ1n) is 6.56. The molecule has 2 N–H and O–H groups in total. The third-order valence-corrected chi connectivity index (χ3v) is 3.20. The number of aryl methyl sites for hydroxylation is 1. The topological polar surface area (TPSA) is 57.6 Å². The molecule has 1 aromatic heterocycles. The second-order valence-electron chi connectivity index (χ2n) is 4.56. The summed E-state index contributed by atoms with van der Waals surface area (Å²) in [6.45, 7) is 3.38. The fourth-order valence-electron chi connectivity index (χ4n) is 2.15. The lowest BCUT2D eigenvalue weighted by Gasteiger charge is -2.11. The van der Waals surface area contributed by atoms with Gasteiger partial charge in [0, 0.05) is 30.2 Å². The second kappa shape index (κ2) is 4.88. The first-order chi connectivity index (χ1) is 9.28. The molecule has 19 heavy (non-hydrogen) atoms. The highest BCUT2D eigenvalue weighted by atomic mass is 16.5. The molecule has 0 saturated carbocycles. The molecule has 0 aliphatic carbocycles. The van der Waals surface area contributed by atoms with Crippen molar-refractivity contribution in [2.24, 2.45) is 0 Å². The molecule has 0 bridgehead atoms. The zero-order valence-corrected chi connectivity index (χ0v) is 10.9. The van der Waals surface area contributed by atoms with Crippen LogP contribution in [0.2, 0.25) is 0 Å². The monoisotopic (exact) mass is 259 g/mol. The van der Waals surface area contributed by atoms with Crippen molar-refractivity contribution in [3.8, 4) is 22.8 Å². The second-order valence-corrected chi connectivity index (χ2v) is 4.56. The summed E-state index contributed by atoms with van der Waals surface area (Å²) in [5.41, 5.74) is 7.57. The van der Waals surface area contributed by atoms with Gasteiger partial charge in [0.05, 0.1) is 13.2 Å². The lowest BCUT2D eigenvalue weighted by molar-refractivity contribution is 0.297. The summed E-state index contributed by atoms with van der Waals surface area (Å²) in [5, 5.41) is 0. The minimum absolute atomic E-state index is 0.640. The first-order valence-corrected chi connectivity index (χ1v) is 6.56. The van der Waals surface area contributed by atoms with Gasteiger partial charge in [0.2, 0.25) is 0 Å². The van der Waals surface area contributed by atoms with Crippen LogP contribution in [0.4, 0.5) is 5.69 Å². The van der Waals surface area contributed by atoms with E-state index in [1.165, 1.54) is 0 Å². The molecule has 0 atom stereocenters. The third kappa shape index (κ3) is 2.26. The van der Waals surface area contributed by atoms with Crippen LogP contribution in [-0.2, 0) is 6.42 Å². The molecule has 100 valence electrons. The van der Waals surface area contributed by atoms with Crippen molar-refractivity contribution in [1.29, 1.82) is 0 Å². The van der Waals surface area contributed by atoms with Crippen molar-refractivity contribution in [2.75, 3.05) is 18.9 Å². The number of rotatable bonds is 2. The largest absolute Gasteiger partial charge is 0.490 e. The van der Waals surface area contributed by atoms with Crippen LogP contribution in [-0.4, -0.2) is 13.2 Å². The van der Waals surface area contributed by atoms with E-state index in [-0.39, 0.29) is 0 Å². The molecule has 1 aliphatic heterocycles. The lowest BCUT2D eigenvalue weighted by atomic mass is 10.1. The molecule has 1 aliphatic rings. The van der Waals surface area contributed by atoms with Gasteiger partial charge in [0.1, 0.15) is 11.5 Å². The zero-order chi connectivity index (χ0) is 13.2. The summed E-state index contributed by atoms with van der Waals surface area (Å²) in [6, 6.07) is 7.62. The summed E-state index contributed by atoms with van der Waals surface area (Å²) < 4.78 is 17.0. The van der Waals surface area contributed by atoms with Crippen LogP contribution in [0.15, 0.2) is 28.7 Å². The molecule has 4 heteroatoms. The number of anilines is 1. The maximum Gasteiger partial charge on any atom is 0.163 e. The van der Waals surface area contributed by atoms with Crippen LogP contribution in [0.1, 0.15) is 19.1 Å². The van der Waals surface area contributed by atoms with Crippen LogP contribution >= 0.6 is 0 Å². The Hall–Kier alpha value is -2.10. The molecule has 0 spiro atoms. The molecule has 2 aromatic rings. The first kappa shape index (κ1) is 12.0. The molecule has 0 unspecified atom stereocenters. The lowest BCUT2D eigenvalue weighted by Crippen LogP contribution is -1.97. The van der Waals surface area contributed by atoms with Gasteiger partial charge in [-0.25, -0.2) is 0 Å². The van der Waals surface area contributed by atoms with E-state index in [2.05, 4.69) is 6.92 Å². The zero-order valence-electron chi connectivity index (χ0n) is 10.9. The van der Waals surface area contributed by atoms with Crippen molar-refractivity contribution in [1.82, 2.24) is 0 Å². The van der Waals surface area contributed by atoms with E-state index in [4.69, 9.17) is 19.6 Å². The van der Waals surface area contributed by atoms with Gasteiger partial charge in [-0.15, -0.1) is 0 Å². The number of furan rings is 1. The van der Waals surface area contributed by atoms with E-state index in [0.717, 1.165) is 35.7 Å². The SMILES string of the molecule is CCc1ccc(-c2cc3c(cc2N)OCCCO3)o1. The van der Waals surface area contributed by atoms with E-state index in [1.54, 1.807) is 0 Å². The quantitative estimate of drug-likeness (QED) is 0.841. The molecule has 0 radical (unpaired) electrons. The van der Waals surface area contributed by atoms with Gasteiger partial charge in [-0.2, -0.15) is 0 Å². The smallest absolute Gasteiger partial charge is 0.163 e. The molecule has 4 nitrogen and oxygen atoms in total. The average Bonchev–Trinajstić information content (AvgIpc) is 2.78. The average molecular weight is 259 g/mol. The van der Waals surface area contributed by atoms with Crippen molar-refractivity contribution in [3.63, 3.8) is 0 Å². The summed E-state index contributed by atoms with van der Waals surface area (Å²) in [6.07, 6.45) is 1.75. The van der Waals surface area contributed by atoms with E-state index >= 15 is 0 Å². The Morgan fingerprint density at radius 3 is 2.53 bits per heavy atom. The van der Waals surface area contributed by atoms with Crippen LogP contribution in [0.25, 0.3) is 11.3 Å². The van der Waals surface area contributed by atoms with Crippen molar-refractivity contribution in [3.05, 3.63) is 30.0 Å². The highest BCUT2D eigenvalue weighted by Crippen LogP contribution is 2.39. The van der Waals surface area contributed by atoms with Gasteiger partial charge >= 0.3 is 0 Å². The fourth-order valence-corrected chi connectivity index (χ4v) is 2.15. The standard InChI is InChI=1S/C15H17NO3/c1-2-10-4-5-13(19-10)11-8-14-15(9-12(11)16)18-7-3-6-17-14/h4-5,8-9H,2-3,6-7,16H2,1H3. The number of fused-ring (bicyclic) bond motifs is 1. The fraction of sp³-hybridized carbons (Fsp3) is 0.333. The maximum absolute atomic E-state index is 6.08. The maximum atomic E-state index is 6.08. The van der Waals surface area contributed by atoms with Crippen molar-refractivity contribution >= 4 is 5.69 Å². The van der Waals surface area contributed by atoms with Gasteiger partial charge < -0.3 is 19.6 Å². The minimum atomic E-state index is 0.640. The third-order valence-electron chi connectivity index (χ3n) is 3.20. The summed E-state index contributed by atoms with van der Waals surface area (Å²) in [7, 11) is 0. The molecular weight excluding hydrogens is 242 g/mol. The summed E-state index contributed by atoms with van der Waals surface area (Å²) >= 11 is 0. The minimum Gasteiger partial charge on any atom is -0.490 e. The molecular formula is C15H17NO3. The van der Waals surface area contributed by atoms with E-state index in [0.29, 0.717) is 24.7 Å². The molecule has 2 heterocycles. The predicted molar refractivity (Wildman–Crippen MR) is 73.5 cm³/mol. The predicted octanol–water partition coefficient (Wildman–Crippen LogP) is 3.25. The molecule has 0 saturated heterocycles. The Kier molecular flexibility index (Phi) is 3.07. The van der Waals surface area contributed by atoms with E-state index < -0.39 is 0 Å². The summed E-state index contributed by atoms with van der Waals surface area (Å²) in [5.74, 6) is 3.16. The van der Waals surface area contributed by atoms with Crippen LogP contribution < -0.4 is 15.2 Å². The Morgan fingerprint density at radius 2 is 1.84 bits per heavy atom. The van der Waals surface area contributed by atoms with Crippen LogP contribution in [0.5, 0.6) is 11.5 Å². The van der Waals surface area contributed by atoms with Gasteiger partial charge in [0.25, 0.3) is 0 Å². The number of nitrogen functional groups attached to an aromatic ring is 1. The van der Waals surface area contributed by atoms with Gasteiger partial charge in [-0.3, -0.25) is 0 Å². The molecule has 1 aromatic carbocycles. The van der Waals surface area contributed by atoms with Crippen molar-refractivity contribution < 1.29 is 13.9 Å². The normalized spacial score (nSPS) is 14.2. The molecule has 0 amide bonds. The number of nitrogens with two attached hydrogens (primary N) is 1. The Labute approximate surface area is 112 Å². The van der Waals surface area contributed by atoms with Crippen molar-refractivity contribution in [2.45, 2.75) is 19.8 Å². The van der Waals surface area contributed by atoms with Crippen LogP contribution in [0, 0.1) is 0 Å². The Morgan fingerprint density at radius 1 is 1.11 bits per heavy atom. The van der Waals surface area contributed by atoms with Gasteiger partial charge in [-0.05, 0) is 18.2 Å². The van der Waals surface area contributed by atoms with Gasteiger partial charge in [-0.1, -0.05) is 6.92 Å². The Bertz CT molecular complexity index is 589. The highest BCUT2D eigenvalue weighted by molar-refractivity contribution is 5.77. The van der Waals surface area contributed by atoms with E-state index in [9.17, 15) is 0 Å². The number of ether oxygens (including phenoxy) is 2. The van der Waals surface area contributed by atoms with Crippen LogP contribution in [0.3, 0.4) is 0 Å². The number of hydrogen-bond donors (Lipinski definition) is 1.